The maximum absolute atomic E-state index is 12.9. The van der Waals surface area contributed by atoms with Gasteiger partial charge in [-0.25, -0.2) is 18.1 Å². The number of ether oxygens (including phenoxy) is 1. The molecule has 38 heavy (non-hydrogen) atoms. The van der Waals surface area contributed by atoms with E-state index in [9.17, 15) is 18.0 Å². The van der Waals surface area contributed by atoms with Gasteiger partial charge in [-0.05, 0) is 75.4 Å². The number of aromatic nitrogens is 4. The summed E-state index contributed by atoms with van der Waals surface area (Å²) in [7, 11) is -3.91. The molecule has 12 heteroatoms. The molecule has 0 unspecified atom stereocenters. The Kier molecular flexibility index (Phi) is 6.41. The van der Waals surface area contributed by atoms with Crippen LogP contribution in [-0.2, 0) is 19.6 Å². The number of benzene rings is 2. The molecular weight excluding hydrogens is 508 g/mol. The van der Waals surface area contributed by atoms with Crippen LogP contribution in [0.5, 0.6) is 11.6 Å². The first-order chi connectivity index (χ1) is 18.1. The van der Waals surface area contributed by atoms with Crippen molar-refractivity contribution < 1.29 is 22.7 Å². The second kappa shape index (κ2) is 9.71. The molecule has 11 nitrogen and oxygen atoms in total. The van der Waals surface area contributed by atoms with Crippen LogP contribution in [0.25, 0.3) is 5.82 Å². The molecule has 3 heterocycles. The van der Waals surface area contributed by atoms with Gasteiger partial charge in [0, 0.05) is 30.3 Å². The number of sulfonamides is 1. The summed E-state index contributed by atoms with van der Waals surface area (Å²) in [4.78, 5) is 33.7. The fraction of sp³-hybridized carbons (Fsp3) is 0.192. The second-order valence-electron chi connectivity index (χ2n) is 8.80. The molecule has 2 aromatic heterocycles. The fourth-order valence-electron chi connectivity index (χ4n) is 4.11. The van der Waals surface area contributed by atoms with Gasteiger partial charge in [0.2, 0.25) is 17.7 Å². The van der Waals surface area contributed by atoms with Crippen LogP contribution in [0.15, 0.2) is 65.6 Å². The first-order valence-electron chi connectivity index (χ1n) is 11.7. The maximum atomic E-state index is 12.9. The van der Waals surface area contributed by atoms with Gasteiger partial charge in [-0.2, -0.15) is 10.1 Å². The highest BCUT2D eigenvalue weighted by atomic mass is 32.2. The van der Waals surface area contributed by atoms with Crippen molar-refractivity contribution in [2.75, 3.05) is 9.62 Å². The van der Waals surface area contributed by atoms with E-state index in [2.05, 4.69) is 19.8 Å². The molecule has 0 saturated carbocycles. The minimum atomic E-state index is -3.91. The predicted molar refractivity (Wildman–Crippen MR) is 139 cm³/mol. The van der Waals surface area contributed by atoms with Crippen LogP contribution >= 0.6 is 0 Å². The monoisotopic (exact) mass is 532 g/mol. The third kappa shape index (κ3) is 5.11. The van der Waals surface area contributed by atoms with E-state index in [-0.39, 0.29) is 29.6 Å². The lowest BCUT2D eigenvalue weighted by molar-refractivity contribution is -0.121. The molecule has 194 valence electrons. The minimum absolute atomic E-state index is 0.00573. The SMILES string of the molecule is Cc1cc(C)n(-c2cc(Oc3ccc(NS(=O)(=O)c4ccc(N5C(=O)CCC5=O)cc4)cc3)nc(C)n2)n1. The third-order valence-corrected chi connectivity index (χ3v) is 7.21. The number of carbonyl (C=O) groups excluding carboxylic acids is 2. The van der Waals surface area contributed by atoms with Crippen LogP contribution in [0.2, 0.25) is 0 Å². The molecule has 1 saturated heterocycles. The van der Waals surface area contributed by atoms with Crippen LogP contribution in [0.4, 0.5) is 11.4 Å². The van der Waals surface area contributed by atoms with E-state index in [4.69, 9.17) is 4.74 Å². The highest BCUT2D eigenvalue weighted by Crippen LogP contribution is 2.27. The number of imide groups is 1. The first kappa shape index (κ1) is 25.1. The largest absolute Gasteiger partial charge is 0.439 e. The van der Waals surface area contributed by atoms with Gasteiger partial charge in [0.1, 0.15) is 11.6 Å². The first-order valence-corrected chi connectivity index (χ1v) is 13.2. The Morgan fingerprint density at radius 1 is 0.868 bits per heavy atom. The van der Waals surface area contributed by atoms with Crippen molar-refractivity contribution in [3.05, 3.63) is 77.9 Å². The van der Waals surface area contributed by atoms with Gasteiger partial charge in [0.15, 0.2) is 5.82 Å². The van der Waals surface area contributed by atoms with Crippen LogP contribution in [0.1, 0.15) is 30.1 Å². The molecule has 5 rings (SSSR count). The normalized spacial score (nSPS) is 13.7. The number of carbonyl (C=O) groups is 2. The maximum Gasteiger partial charge on any atom is 0.261 e. The lowest BCUT2D eigenvalue weighted by Gasteiger charge is -2.14. The van der Waals surface area contributed by atoms with Crippen molar-refractivity contribution in [3.8, 4) is 17.4 Å². The minimum Gasteiger partial charge on any atom is -0.439 e. The Hall–Kier alpha value is -4.58. The van der Waals surface area contributed by atoms with Crippen LogP contribution < -0.4 is 14.4 Å². The summed E-state index contributed by atoms with van der Waals surface area (Å²) >= 11 is 0. The molecule has 0 atom stereocenters. The van der Waals surface area contributed by atoms with E-state index in [1.165, 1.54) is 24.3 Å². The van der Waals surface area contributed by atoms with Crippen molar-refractivity contribution in [2.24, 2.45) is 0 Å². The summed E-state index contributed by atoms with van der Waals surface area (Å²) in [6.07, 6.45) is 0.309. The molecule has 1 aliphatic heterocycles. The molecule has 0 bridgehead atoms. The average molecular weight is 533 g/mol. The zero-order valence-electron chi connectivity index (χ0n) is 20.9. The molecular formula is C26H24N6O5S. The van der Waals surface area contributed by atoms with E-state index in [1.54, 1.807) is 41.9 Å². The lowest BCUT2D eigenvalue weighted by atomic mass is 10.3. The van der Waals surface area contributed by atoms with Crippen molar-refractivity contribution in [1.29, 1.82) is 0 Å². The Bertz CT molecular complexity index is 1630. The summed E-state index contributed by atoms with van der Waals surface area (Å²) in [6, 6.07) is 15.6. The van der Waals surface area contributed by atoms with E-state index in [0.717, 1.165) is 16.3 Å². The Morgan fingerprint density at radius 2 is 1.53 bits per heavy atom. The standard InChI is InChI=1S/C26H24N6O5S/c1-16-14-17(2)32(29-16)23-15-24(28-18(3)27-23)37-21-8-4-19(5-9-21)30-38(35,36)22-10-6-20(7-11-22)31-25(33)12-13-26(31)34/h4-11,14-15,30H,12-13H2,1-3H3. The summed E-state index contributed by atoms with van der Waals surface area (Å²) in [6.45, 7) is 5.59. The molecule has 0 radical (unpaired) electrons. The van der Waals surface area contributed by atoms with Crippen molar-refractivity contribution in [3.63, 3.8) is 0 Å². The summed E-state index contributed by atoms with van der Waals surface area (Å²) in [5.41, 5.74) is 2.47. The number of nitrogens with zero attached hydrogens (tertiary/aromatic N) is 5. The van der Waals surface area contributed by atoms with E-state index in [1.807, 2.05) is 19.9 Å². The van der Waals surface area contributed by atoms with Gasteiger partial charge in [-0.3, -0.25) is 19.2 Å². The van der Waals surface area contributed by atoms with Crippen molar-refractivity contribution in [2.45, 2.75) is 38.5 Å². The highest BCUT2D eigenvalue weighted by molar-refractivity contribution is 7.92. The molecule has 1 N–H and O–H groups in total. The topological polar surface area (TPSA) is 136 Å². The number of hydrogen-bond acceptors (Lipinski definition) is 8. The Labute approximate surface area is 219 Å². The Balaban J connectivity index is 1.29. The molecule has 4 aromatic rings. The van der Waals surface area contributed by atoms with Crippen LogP contribution in [-0.4, -0.2) is 40.0 Å². The Morgan fingerprint density at radius 3 is 2.13 bits per heavy atom. The quantitative estimate of drug-likeness (QED) is 0.355. The number of anilines is 2. The smallest absolute Gasteiger partial charge is 0.261 e. The lowest BCUT2D eigenvalue weighted by Crippen LogP contribution is -2.28. The second-order valence-corrected chi connectivity index (χ2v) is 10.5. The molecule has 2 amide bonds. The van der Waals surface area contributed by atoms with Gasteiger partial charge in [0.05, 0.1) is 16.3 Å². The van der Waals surface area contributed by atoms with Gasteiger partial charge in [-0.15, -0.1) is 0 Å². The molecule has 1 fully saturated rings. The zero-order chi connectivity index (χ0) is 27.0. The summed E-state index contributed by atoms with van der Waals surface area (Å²) in [5.74, 6) is 1.26. The van der Waals surface area contributed by atoms with Crippen LogP contribution in [0.3, 0.4) is 0 Å². The van der Waals surface area contributed by atoms with Gasteiger partial charge < -0.3 is 4.74 Å². The molecule has 0 spiro atoms. The van der Waals surface area contributed by atoms with E-state index < -0.39 is 10.0 Å². The van der Waals surface area contributed by atoms with Crippen molar-refractivity contribution >= 4 is 33.2 Å². The van der Waals surface area contributed by atoms with Crippen LogP contribution in [0, 0.1) is 20.8 Å². The van der Waals surface area contributed by atoms with Gasteiger partial charge in [0.25, 0.3) is 10.0 Å². The highest BCUT2D eigenvalue weighted by Gasteiger charge is 2.30. The van der Waals surface area contributed by atoms with Gasteiger partial charge in [-0.1, -0.05) is 0 Å². The fourth-order valence-corrected chi connectivity index (χ4v) is 5.17. The average Bonchev–Trinajstić information content (AvgIpc) is 3.39. The number of nitrogens with one attached hydrogen (secondary N) is 1. The van der Waals surface area contributed by atoms with E-state index >= 15 is 0 Å². The van der Waals surface area contributed by atoms with Crippen molar-refractivity contribution in [1.82, 2.24) is 19.7 Å². The number of rotatable bonds is 7. The number of amides is 2. The van der Waals surface area contributed by atoms with Gasteiger partial charge >= 0.3 is 0 Å². The number of aryl methyl sites for hydroxylation is 3. The number of hydrogen-bond donors (Lipinski definition) is 1. The zero-order valence-corrected chi connectivity index (χ0v) is 21.7. The van der Waals surface area contributed by atoms with E-state index in [0.29, 0.717) is 34.6 Å². The molecule has 2 aromatic carbocycles. The molecule has 1 aliphatic rings. The molecule has 0 aliphatic carbocycles. The third-order valence-electron chi connectivity index (χ3n) is 5.81. The predicted octanol–water partition coefficient (Wildman–Crippen LogP) is 3.83. The summed E-state index contributed by atoms with van der Waals surface area (Å²) < 4.78 is 35.8. The summed E-state index contributed by atoms with van der Waals surface area (Å²) in [5, 5.41) is 4.45.